The van der Waals surface area contributed by atoms with Gasteiger partial charge in [0.15, 0.2) is 0 Å². The van der Waals surface area contributed by atoms with Crippen molar-refractivity contribution in [2.24, 2.45) is 0 Å². The predicted molar refractivity (Wildman–Crippen MR) is 78.8 cm³/mol. The number of rotatable bonds is 3. The van der Waals surface area contributed by atoms with E-state index in [1.165, 1.54) is 24.4 Å². The van der Waals surface area contributed by atoms with Gasteiger partial charge in [0, 0.05) is 6.20 Å². The molecule has 0 bridgehead atoms. The van der Waals surface area contributed by atoms with Gasteiger partial charge < -0.3 is 5.32 Å². The lowest BCUT2D eigenvalue weighted by Crippen LogP contribution is -2.15. The minimum absolute atomic E-state index is 0.0635. The number of hydrogen-bond donors (Lipinski definition) is 1. The van der Waals surface area contributed by atoms with E-state index in [4.69, 9.17) is 34.8 Å². The van der Waals surface area contributed by atoms with Gasteiger partial charge in [-0.2, -0.15) is 0 Å². The van der Waals surface area contributed by atoms with E-state index in [0.717, 1.165) is 0 Å². The molecule has 0 aliphatic rings. The first kappa shape index (κ1) is 14.8. The predicted octanol–water partition coefficient (Wildman–Crippen LogP) is 4.02. The van der Waals surface area contributed by atoms with Gasteiger partial charge in [0.05, 0.1) is 21.2 Å². The molecule has 20 heavy (non-hydrogen) atoms. The van der Waals surface area contributed by atoms with Crippen LogP contribution in [-0.2, 0) is 0 Å². The van der Waals surface area contributed by atoms with Gasteiger partial charge in [-0.3, -0.25) is 9.59 Å². The first-order valence-corrected chi connectivity index (χ1v) is 6.54. The van der Waals surface area contributed by atoms with E-state index in [-0.39, 0.29) is 27.0 Å². The van der Waals surface area contributed by atoms with Crippen LogP contribution in [0.25, 0.3) is 0 Å². The standard InChI is InChI=1S/C13H7Cl3N2O2/c14-9-5-1-3-7(10(9)15)13(20)18-12-8(11(16)19)4-2-6-17-12/h1-6H,(H,17,18,20). The van der Waals surface area contributed by atoms with Gasteiger partial charge in [-0.1, -0.05) is 29.3 Å². The number of carbonyl (C=O) groups is 2. The minimum Gasteiger partial charge on any atom is -0.306 e. The van der Waals surface area contributed by atoms with Crippen LogP contribution in [0.3, 0.4) is 0 Å². The van der Waals surface area contributed by atoms with Crippen molar-refractivity contribution >= 4 is 51.8 Å². The number of benzene rings is 1. The lowest BCUT2D eigenvalue weighted by molar-refractivity contribution is 0.102. The summed E-state index contributed by atoms with van der Waals surface area (Å²) in [5, 5.41) is 2.15. The van der Waals surface area contributed by atoms with Crippen molar-refractivity contribution in [3.8, 4) is 0 Å². The highest BCUT2D eigenvalue weighted by molar-refractivity contribution is 6.68. The molecule has 0 radical (unpaired) electrons. The van der Waals surface area contributed by atoms with E-state index >= 15 is 0 Å². The second-order valence-corrected chi connectivity index (χ2v) is 4.86. The van der Waals surface area contributed by atoms with E-state index in [9.17, 15) is 9.59 Å². The Balaban J connectivity index is 2.33. The average Bonchev–Trinajstić information content (AvgIpc) is 2.42. The summed E-state index contributed by atoms with van der Waals surface area (Å²) in [5.74, 6) is -0.469. The quantitative estimate of drug-likeness (QED) is 0.865. The highest BCUT2D eigenvalue weighted by Gasteiger charge is 2.16. The van der Waals surface area contributed by atoms with Crippen LogP contribution in [0.5, 0.6) is 0 Å². The zero-order valence-electron chi connectivity index (χ0n) is 9.86. The van der Waals surface area contributed by atoms with Crippen LogP contribution >= 0.6 is 34.8 Å². The molecule has 2 rings (SSSR count). The van der Waals surface area contributed by atoms with E-state index in [1.54, 1.807) is 12.1 Å². The van der Waals surface area contributed by atoms with Gasteiger partial charge in [0.25, 0.3) is 11.1 Å². The lowest BCUT2D eigenvalue weighted by atomic mass is 10.2. The number of anilines is 1. The summed E-state index contributed by atoms with van der Waals surface area (Å²) in [4.78, 5) is 27.2. The molecule has 1 amide bonds. The van der Waals surface area contributed by atoms with Gasteiger partial charge in [-0.05, 0) is 35.9 Å². The second-order valence-electron chi connectivity index (χ2n) is 3.73. The maximum atomic E-state index is 12.1. The Morgan fingerprint density at radius 2 is 1.75 bits per heavy atom. The lowest BCUT2D eigenvalue weighted by Gasteiger charge is -2.08. The Morgan fingerprint density at radius 3 is 2.45 bits per heavy atom. The summed E-state index contributed by atoms with van der Waals surface area (Å²) in [6, 6.07) is 7.66. The zero-order valence-corrected chi connectivity index (χ0v) is 12.1. The number of nitrogens with one attached hydrogen (secondary N) is 1. The van der Waals surface area contributed by atoms with Crippen LogP contribution in [0.2, 0.25) is 10.0 Å². The highest BCUT2D eigenvalue weighted by atomic mass is 35.5. The third-order valence-electron chi connectivity index (χ3n) is 2.45. The van der Waals surface area contributed by atoms with Crippen molar-refractivity contribution in [2.45, 2.75) is 0 Å². The van der Waals surface area contributed by atoms with Crippen LogP contribution in [0, 0.1) is 0 Å². The van der Waals surface area contributed by atoms with E-state index in [1.807, 2.05) is 0 Å². The maximum Gasteiger partial charge on any atom is 0.258 e. The molecule has 0 saturated carbocycles. The molecular weight excluding hydrogens is 323 g/mol. The molecule has 0 atom stereocenters. The monoisotopic (exact) mass is 328 g/mol. The van der Waals surface area contributed by atoms with Crippen molar-refractivity contribution in [3.63, 3.8) is 0 Å². The van der Waals surface area contributed by atoms with Crippen LogP contribution in [0.1, 0.15) is 20.7 Å². The van der Waals surface area contributed by atoms with Gasteiger partial charge in [0.1, 0.15) is 5.82 Å². The highest BCUT2D eigenvalue weighted by Crippen LogP contribution is 2.26. The Labute approximate surface area is 129 Å². The van der Waals surface area contributed by atoms with Gasteiger partial charge in [-0.25, -0.2) is 4.98 Å². The molecule has 0 aliphatic carbocycles. The summed E-state index contributed by atoms with van der Waals surface area (Å²) >= 11 is 17.2. The molecule has 4 nitrogen and oxygen atoms in total. The van der Waals surface area contributed by atoms with Crippen molar-refractivity contribution in [1.29, 1.82) is 0 Å². The Kier molecular flexibility index (Phi) is 4.60. The summed E-state index contributed by atoms with van der Waals surface area (Å²) < 4.78 is 0. The molecular formula is C13H7Cl3N2O2. The molecule has 1 aromatic carbocycles. The SMILES string of the molecule is O=C(Cl)c1cccnc1NC(=O)c1cccc(Cl)c1Cl. The summed E-state index contributed by atoms with van der Waals surface area (Å²) in [6.45, 7) is 0. The molecule has 1 heterocycles. The fourth-order valence-electron chi connectivity index (χ4n) is 1.52. The number of carbonyl (C=O) groups excluding carboxylic acids is 2. The summed E-state index contributed by atoms with van der Waals surface area (Å²) in [6.07, 6.45) is 1.43. The van der Waals surface area contributed by atoms with Gasteiger partial charge >= 0.3 is 0 Å². The fraction of sp³-hybridized carbons (Fsp3) is 0. The van der Waals surface area contributed by atoms with Crippen LogP contribution in [0.4, 0.5) is 5.82 Å². The minimum atomic E-state index is -0.717. The molecule has 0 unspecified atom stereocenters. The summed E-state index contributed by atoms with van der Waals surface area (Å²) in [5.41, 5.74) is 0.276. The first-order valence-electron chi connectivity index (χ1n) is 5.41. The first-order chi connectivity index (χ1) is 9.50. The number of nitrogens with zero attached hydrogens (tertiary/aromatic N) is 1. The van der Waals surface area contributed by atoms with Crippen LogP contribution in [-0.4, -0.2) is 16.1 Å². The third kappa shape index (κ3) is 3.10. The largest absolute Gasteiger partial charge is 0.306 e. The van der Waals surface area contributed by atoms with Crippen LogP contribution in [0.15, 0.2) is 36.5 Å². The van der Waals surface area contributed by atoms with E-state index in [0.29, 0.717) is 0 Å². The number of halogens is 3. The normalized spacial score (nSPS) is 10.2. The van der Waals surface area contributed by atoms with Crippen molar-refractivity contribution in [3.05, 3.63) is 57.7 Å². The summed E-state index contributed by atoms with van der Waals surface area (Å²) in [7, 11) is 0. The fourth-order valence-corrected chi connectivity index (χ4v) is 2.06. The Morgan fingerprint density at radius 1 is 1.05 bits per heavy atom. The second kappa shape index (κ2) is 6.22. The molecule has 0 saturated heterocycles. The Hall–Kier alpha value is -1.62. The zero-order chi connectivity index (χ0) is 14.7. The molecule has 1 N–H and O–H groups in total. The molecule has 7 heteroatoms. The number of amides is 1. The topological polar surface area (TPSA) is 59.1 Å². The molecule has 0 fully saturated rings. The van der Waals surface area contributed by atoms with Crippen molar-refractivity contribution < 1.29 is 9.59 Å². The Bertz CT molecular complexity index is 689. The molecule has 0 spiro atoms. The molecule has 102 valence electrons. The van der Waals surface area contributed by atoms with Crippen LogP contribution < -0.4 is 5.32 Å². The molecule has 2 aromatic rings. The number of pyridine rings is 1. The third-order valence-corrected chi connectivity index (χ3v) is 3.47. The van der Waals surface area contributed by atoms with Crippen molar-refractivity contribution in [2.75, 3.05) is 5.32 Å². The van der Waals surface area contributed by atoms with Crippen molar-refractivity contribution in [1.82, 2.24) is 4.98 Å². The maximum absolute atomic E-state index is 12.1. The van der Waals surface area contributed by atoms with Gasteiger partial charge in [-0.15, -0.1) is 0 Å². The average molecular weight is 330 g/mol. The molecule has 1 aromatic heterocycles. The number of aromatic nitrogens is 1. The molecule has 0 aliphatic heterocycles. The number of hydrogen-bond acceptors (Lipinski definition) is 3. The van der Waals surface area contributed by atoms with Gasteiger partial charge in [0.2, 0.25) is 0 Å². The van der Waals surface area contributed by atoms with E-state index in [2.05, 4.69) is 10.3 Å². The smallest absolute Gasteiger partial charge is 0.258 e. The van der Waals surface area contributed by atoms with E-state index < -0.39 is 11.1 Å².